The molecule has 0 radical (unpaired) electrons. The van der Waals surface area contributed by atoms with Crippen LogP contribution in [0.15, 0.2) is 24.3 Å². The molecule has 0 saturated carbocycles. The van der Waals surface area contributed by atoms with Gasteiger partial charge in [0.25, 0.3) is 0 Å². The molecule has 0 bridgehead atoms. The van der Waals surface area contributed by atoms with E-state index in [2.05, 4.69) is 26.1 Å². The van der Waals surface area contributed by atoms with Crippen molar-refractivity contribution in [2.75, 3.05) is 18.6 Å². The predicted molar refractivity (Wildman–Crippen MR) is 78.2 cm³/mol. The summed E-state index contributed by atoms with van der Waals surface area (Å²) in [5.41, 5.74) is 1.26. The lowest BCUT2D eigenvalue weighted by atomic mass is 10.1. The summed E-state index contributed by atoms with van der Waals surface area (Å²) < 4.78 is 27.3. The SMILES string of the molecule is CC(C)(C)NCc1ccc(OCCS(C)(=O)=O)cc1. The second kappa shape index (κ2) is 6.39. The van der Waals surface area contributed by atoms with Crippen LogP contribution in [-0.4, -0.2) is 32.6 Å². The Hall–Kier alpha value is -1.07. The van der Waals surface area contributed by atoms with Crippen LogP contribution in [0.2, 0.25) is 0 Å². The molecule has 0 aliphatic carbocycles. The van der Waals surface area contributed by atoms with Gasteiger partial charge in [-0.2, -0.15) is 0 Å². The molecule has 0 aromatic heterocycles. The summed E-state index contributed by atoms with van der Waals surface area (Å²) in [4.78, 5) is 0. The maximum atomic E-state index is 11.0. The van der Waals surface area contributed by atoms with Gasteiger partial charge in [0, 0.05) is 18.3 Å². The van der Waals surface area contributed by atoms with Crippen molar-refractivity contribution in [3.8, 4) is 5.75 Å². The van der Waals surface area contributed by atoms with Gasteiger partial charge >= 0.3 is 0 Å². The van der Waals surface area contributed by atoms with Crippen LogP contribution in [0, 0.1) is 0 Å². The summed E-state index contributed by atoms with van der Waals surface area (Å²) in [6.45, 7) is 7.35. The van der Waals surface area contributed by atoms with Crippen LogP contribution >= 0.6 is 0 Å². The van der Waals surface area contributed by atoms with E-state index in [1.165, 1.54) is 11.8 Å². The van der Waals surface area contributed by atoms with E-state index in [1.54, 1.807) is 0 Å². The van der Waals surface area contributed by atoms with Crippen LogP contribution in [0.5, 0.6) is 5.75 Å². The van der Waals surface area contributed by atoms with Crippen LogP contribution in [0.25, 0.3) is 0 Å². The second-order valence-electron chi connectivity index (χ2n) is 5.73. The van der Waals surface area contributed by atoms with Crippen molar-refractivity contribution in [1.29, 1.82) is 0 Å². The number of nitrogens with one attached hydrogen (secondary N) is 1. The number of ether oxygens (including phenoxy) is 1. The van der Waals surface area contributed by atoms with Gasteiger partial charge in [0.2, 0.25) is 0 Å². The van der Waals surface area contributed by atoms with Gasteiger partial charge in [-0.15, -0.1) is 0 Å². The van der Waals surface area contributed by atoms with Crippen molar-refractivity contribution in [1.82, 2.24) is 5.32 Å². The van der Waals surface area contributed by atoms with Crippen LogP contribution in [0.1, 0.15) is 26.3 Å². The van der Waals surface area contributed by atoms with E-state index in [0.717, 1.165) is 6.54 Å². The number of benzene rings is 1. The topological polar surface area (TPSA) is 55.4 Å². The molecule has 1 aromatic carbocycles. The molecular formula is C14H23NO3S. The molecule has 0 aliphatic heterocycles. The van der Waals surface area contributed by atoms with Gasteiger partial charge in [0.05, 0.1) is 5.75 Å². The third kappa shape index (κ3) is 7.85. The zero-order valence-corrected chi connectivity index (χ0v) is 12.9. The number of hydrogen-bond acceptors (Lipinski definition) is 4. The van der Waals surface area contributed by atoms with Crippen molar-refractivity contribution >= 4 is 9.84 Å². The van der Waals surface area contributed by atoms with E-state index in [4.69, 9.17) is 4.74 Å². The quantitative estimate of drug-likeness (QED) is 0.868. The molecule has 0 heterocycles. The summed E-state index contributed by atoms with van der Waals surface area (Å²) in [7, 11) is -2.96. The van der Waals surface area contributed by atoms with E-state index >= 15 is 0 Å². The second-order valence-corrected chi connectivity index (χ2v) is 7.99. The third-order valence-electron chi connectivity index (χ3n) is 2.47. The first kappa shape index (κ1) is 16.0. The molecule has 4 nitrogen and oxygen atoms in total. The molecule has 0 fully saturated rings. The average Bonchev–Trinajstić information content (AvgIpc) is 2.25. The fraction of sp³-hybridized carbons (Fsp3) is 0.571. The van der Waals surface area contributed by atoms with E-state index in [1.807, 2.05) is 24.3 Å². The molecule has 0 unspecified atom stereocenters. The molecular weight excluding hydrogens is 262 g/mol. The lowest BCUT2D eigenvalue weighted by Gasteiger charge is -2.20. The summed E-state index contributed by atoms with van der Waals surface area (Å²) in [5, 5.41) is 3.40. The summed E-state index contributed by atoms with van der Waals surface area (Å²) in [6.07, 6.45) is 1.21. The van der Waals surface area contributed by atoms with Crippen molar-refractivity contribution in [3.63, 3.8) is 0 Å². The van der Waals surface area contributed by atoms with Gasteiger partial charge < -0.3 is 10.1 Å². The lowest BCUT2D eigenvalue weighted by molar-refractivity contribution is 0.341. The van der Waals surface area contributed by atoms with E-state index < -0.39 is 9.84 Å². The maximum absolute atomic E-state index is 11.0. The summed E-state index contributed by atoms with van der Waals surface area (Å²) >= 11 is 0. The molecule has 108 valence electrons. The van der Waals surface area contributed by atoms with Crippen LogP contribution in [-0.2, 0) is 16.4 Å². The molecule has 19 heavy (non-hydrogen) atoms. The minimum atomic E-state index is -2.96. The van der Waals surface area contributed by atoms with Gasteiger partial charge in [0.1, 0.15) is 12.4 Å². The van der Waals surface area contributed by atoms with Crippen molar-refractivity contribution in [2.24, 2.45) is 0 Å². The van der Waals surface area contributed by atoms with Crippen LogP contribution in [0.3, 0.4) is 0 Å². The van der Waals surface area contributed by atoms with E-state index in [9.17, 15) is 8.42 Å². The molecule has 0 saturated heterocycles. The Morgan fingerprint density at radius 2 is 1.74 bits per heavy atom. The Kier molecular flexibility index (Phi) is 5.38. The average molecular weight is 285 g/mol. The first-order valence-corrected chi connectivity index (χ1v) is 8.36. The highest BCUT2D eigenvalue weighted by molar-refractivity contribution is 7.90. The highest BCUT2D eigenvalue weighted by Crippen LogP contribution is 2.13. The van der Waals surface area contributed by atoms with Gasteiger partial charge in [-0.1, -0.05) is 12.1 Å². The molecule has 0 atom stereocenters. The smallest absolute Gasteiger partial charge is 0.150 e. The fourth-order valence-electron chi connectivity index (χ4n) is 1.38. The molecule has 1 aromatic rings. The van der Waals surface area contributed by atoms with Crippen LogP contribution in [0.4, 0.5) is 0 Å². The fourth-order valence-corrected chi connectivity index (χ4v) is 1.77. The highest BCUT2D eigenvalue weighted by Gasteiger charge is 2.08. The Morgan fingerprint density at radius 3 is 2.21 bits per heavy atom. The summed E-state index contributed by atoms with van der Waals surface area (Å²) in [5.74, 6) is 0.739. The number of sulfone groups is 1. The molecule has 0 spiro atoms. The monoisotopic (exact) mass is 285 g/mol. The molecule has 0 aliphatic rings. The minimum Gasteiger partial charge on any atom is -0.493 e. The normalized spacial score (nSPS) is 12.4. The minimum absolute atomic E-state index is 0.0420. The molecule has 1 N–H and O–H groups in total. The maximum Gasteiger partial charge on any atom is 0.150 e. The third-order valence-corrected chi connectivity index (χ3v) is 3.38. The lowest BCUT2D eigenvalue weighted by Crippen LogP contribution is -2.35. The van der Waals surface area contributed by atoms with Gasteiger partial charge in [-0.05, 0) is 38.5 Å². The molecule has 0 amide bonds. The van der Waals surface area contributed by atoms with Gasteiger partial charge in [-0.25, -0.2) is 8.42 Å². The molecule has 1 rings (SSSR count). The standard InChI is InChI=1S/C14H23NO3S/c1-14(2,3)15-11-12-5-7-13(8-6-12)18-9-10-19(4,16)17/h5-8,15H,9-11H2,1-4H3. The van der Waals surface area contributed by atoms with Crippen molar-refractivity contribution in [3.05, 3.63) is 29.8 Å². The highest BCUT2D eigenvalue weighted by atomic mass is 32.2. The first-order chi connectivity index (χ1) is 8.66. The predicted octanol–water partition coefficient (Wildman–Crippen LogP) is 2.00. The van der Waals surface area contributed by atoms with E-state index in [0.29, 0.717) is 5.75 Å². The summed E-state index contributed by atoms with van der Waals surface area (Å²) in [6, 6.07) is 7.69. The van der Waals surface area contributed by atoms with Crippen LogP contribution < -0.4 is 10.1 Å². The zero-order chi connectivity index (χ0) is 14.5. The number of rotatable bonds is 6. The number of hydrogen-bond donors (Lipinski definition) is 1. The molecule has 5 heteroatoms. The van der Waals surface area contributed by atoms with Gasteiger partial charge in [-0.3, -0.25) is 0 Å². The Balaban J connectivity index is 2.43. The van der Waals surface area contributed by atoms with E-state index in [-0.39, 0.29) is 17.9 Å². The van der Waals surface area contributed by atoms with Crippen molar-refractivity contribution < 1.29 is 13.2 Å². The first-order valence-electron chi connectivity index (χ1n) is 6.30. The largest absolute Gasteiger partial charge is 0.493 e. The Bertz CT molecular complexity index is 486. The van der Waals surface area contributed by atoms with Gasteiger partial charge in [0.15, 0.2) is 9.84 Å². The zero-order valence-electron chi connectivity index (χ0n) is 12.1. The Labute approximate surface area is 116 Å². The van der Waals surface area contributed by atoms with Crippen molar-refractivity contribution in [2.45, 2.75) is 32.9 Å². The Morgan fingerprint density at radius 1 is 1.16 bits per heavy atom.